The number of hydrogen-bond acceptors (Lipinski definition) is 2. The lowest BCUT2D eigenvalue weighted by molar-refractivity contribution is -0.119. The van der Waals surface area contributed by atoms with Crippen molar-refractivity contribution < 1.29 is 9.53 Å². The van der Waals surface area contributed by atoms with Crippen LogP contribution >= 0.6 is 0 Å². The van der Waals surface area contributed by atoms with Crippen molar-refractivity contribution in [2.45, 2.75) is 12.2 Å². The second kappa shape index (κ2) is 2.60. The number of carbonyl (C=O) groups excluding carboxylic acids is 1. The van der Waals surface area contributed by atoms with Gasteiger partial charge >= 0.3 is 0 Å². The van der Waals surface area contributed by atoms with E-state index in [-0.39, 0.29) is 12.0 Å². The van der Waals surface area contributed by atoms with E-state index in [0.717, 1.165) is 5.56 Å². The van der Waals surface area contributed by atoms with Crippen LogP contribution in [0.5, 0.6) is 0 Å². The first-order valence-corrected chi connectivity index (χ1v) is 3.79. The van der Waals surface area contributed by atoms with E-state index < -0.39 is 6.10 Å². The molecule has 0 spiro atoms. The number of hydrogen-bond donors (Lipinski definition) is 1. The first-order valence-electron chi connectivity index (χ1n) is 3.79. The van der Waals surface area contributed by atoms with Gasteiger partial charge in [0.15, 0.2) is 6.10 Å². The minimum absolute atomic E-state index is 0.108. The monoisotopic (exact) mass is 163 g/mol. The summed E-state index contributed by atoms with van der Waals surface area (Å²) in [6.07, 6.45) is -0.518. The van der Waals surface area contributed by atoms with Crippen molar-refractivity contribution in [3.05, 3.63) is 35.9 Å². The van der Waals surface area contributed by atoms with Gasteiger partial charge in [0.25, 0.3) is 0 Å². The number of epoxide rings is 1. The molecule has 1 aliphatic heterocycles. The molecule has 2 rings (SSSR count). The number of nitrogens with two attached hydrogens (primary N) is 1. The molecule has 0 saturated carbocycles. The molecular weight excluding hydrogens is 154 g/mol. The van der Waals surface area contributed by atoms with Crippen molar-refractivity contribution >= 4 is 5.91 Å². The summed E-state index contributed by atoms with van der Waals surface area (Å²) in [6.45, 7) is 0. The number of amides is 1. The largest absolute Gasteiger partial charge is 0.367 e. The van der Waals surface area contributed by atoms with E-state index in [4.69, 9.17) is 10.5 Å². The van der Waals surface area contributed by atoms with Crippen LogP contribution in [0.4, 0.5) is 0 Å². The van der Waals surface area contributed by atoms with Crippen LogP contribution in [0.2, 0.25) is 0 Å². The van der Waals surface area contributed by atoms with Gasteiger partial charge in [0.05, 0.1) is 0 Å². The zero-order chi connectivity index (χ0) is 8.55. The number of rotatable bonds is 2. The molecule has 1 saturated heterocycles. The van der Waals surface area contributed by atoms with Gasteiger partial charge in [-0.1, -0.05) is 30.3 Å². The van der Waals surface area contributed by atoms with Crippen molar-refractivity contribution in [3.63, 3.8) is 0 Å². The fourth-order valence-electron chi connectivity index (χ4n) is 1.22. The van der Waals surface area contributed by atoms with Gasteiger partial charge in [-0.25, -0.2) is 0 Å². The molecule has 0 radical (unpaired) electrons. The summed E-state index contributed by atoms with van der Waals surface area (Å²) in [5.74, 6) is -0.385. The highest BCUT2D eigenvalue weighted by atomic mass is 16.6. The number of ether oxygens (including phenoxy) is 1. The van der Waals surface area contributed by atoms with Crippen LogP contribution in [0.25, 0.3) is 0 Å². The van der Waals surface area contributed by atoms with Crippen molar-refractivity contribution in [1.29, 1.82) is 0 Å². The van der Waals surface area contributed by atoms with Crippen LogP contribution in [0.15, 0.2) is 30.3 Å². The molecule has 3 heteroatoms. The van der Waals surface area contributed by atoms with Crippen LogP contribution in [0, 0.1) is 0 Å². The van der Waals surface area contributed by atoms with E-state index in [2.05, 4.69) is 0 Å². The zero-order valence-corrected chi connectivity index (χ0v) is 6.44. The fraction of sp³-hybridized carbons (Fsp3) is 0.222. The minimum atomic E-state index is -0.410. The van der Waals surface area contributed by atoms with Gasteiger partial charge in [-0.15, -0.1) is 0 Å². The van der Waals surface area contributed by atoms with Crippen LogP contribution < -0.4 is 5.73 Å². The van der Waals surface area contributed by atoms with E-state index in [1.807, 2.05) is 30.3 Å². The number of carbonyl (C=O) groups is 1. The van der Waals surface area contributed by atoms with Crippen molar-refractivity contribution in [3.8, 4) is 0 Å². The van der Waals surface area contributed by atoms with Gasteiger partial charge in [-0.3, -0.25) is 4.79 Å². The third-order valence-corrected chi connectivity index (χ3v) is 1.90. The zero-order valence-electron chi connectivity index (χ0n) is 6.44. The maximum absolute atomic E-state index is 10.6. The summed E-state index contributed by atoms with van der Waals surface area (Å²) in [4.78, 5) is 10.6. The quantitative estimate of drug-likeness (QED) is 0.649. The summed E-state index contributed by atoms with van der Waals surface area (Å²) in [7, 11) is 0. The Balaban J connectivity index is 2.11. The summed E-state index contributed by atoms with van der Waals surface area (Å²) < 4.78 is 5.09. The molecule has 0 aliphatic carbocycles. The summed E-state index contributed by atoms with van der Waals surface area (Å²) in [5, 5.41) is 0. The van der Waals surface area contributed by atoms with Crippen molar-refractivity contribution in [2.75, 3.05) is 0 Å². The maximum Gasteiger partial charge on any atom is 0.249 e. The Morgan fingerprint density at radius 3 is 2.50 bits per heavy atom. The Kier molecular flexibility index (Phi) is 1.59. The fourth-order valence-corrected chi connectivity index (χ4v) is 1.22. The lowest BCUT2D eigenvalue weighted by atomic mass is 10.1. The van der Waals surface area contributed by atoms with Gasteiger partial charge in [0, 0.05) is 0 Å². The van der Waals surface area contributed by atoms with Crippen LogP contribution in [0.1, 0.15) is 11.7 Å². The molecule has 0 aromatic heterocycles. The Morgan fingerprint density at radius 2 is 2.00 bits per heavy atom. The van der Waals surface area contributed by atoms with E-state index in [1.165, 1.54) is 0 Å². The average molecular weight is 163 g/mol. The molecule has 1 aromatic rings. The van der Waals surface area contributed by atoms with Crippen LogP contribution in [-0.2, 0) is 9.53 Å². The highest BCUT2D eigenvalue weighted by Crippen LogP contribution is 2.37. The molecule has 0 bridgehead atoms. The molecule has 2 atom stereocenters. The van der Waals surface area contributed by atoms with Gasteiger partial charge < -0.3 is 10.5 Å². The molecule has 3 nitrogen and oxygen atoms in total. The molecule has 1 aromatic carbocycles. The number of primary amides is 1. The van der Waals surface area contributed by atoms with E-state index in [1.54, 1.807) is 0 Å². The predicted molar refractivity (Wildman–Crippen MR) is 43.3 cm³/mol. The standard InChI is InChI=1S/C9H9NO2/c10-9(11)8-7(12-8)6-4-2-1-3-5-6/h1-5,7-8H,(H2,10,11). The molecule has 2 N–H and O–H groups in total. The topological polar surface area (TPSA) is 55.6 Å². The van der Waals surface area contributed by atoms with Gasteiger partial charge in [-0.05, 0) is 5.56 Å². The normalized spacial score (nSPS) is 26.7. The van der Waals surface area contributed by atoms with Crippen molar-refractivity contribution in [2.24, 2.45) is 5.73 Å². The Hall–Kier alpha value is -1.35. The van der Waals surface area contributed by atoms with Gasteiger partial charge in [-0.2, -0.15) is 0 Å². The van der Waals surface area contributed by atoms with Crippen LogP contribution in [0.3, 0.4) is 0 Å². The molecule has 12 heavy (non-hydrogen) atoms. The third kappa shape index (κ3) is 1.19. The third-order valence-electron chi connectivity index (χ3n) is 1.90. The SMILES string of the molecule is NC(=O)C1OC1c1ccccc1. The maximum atomic E-state index is 10.6. The lowest BCUT2D eigenvalue weighted by Crippen LogP contribution is -2.18. The second-order valence-corrected chi connectivity index (χ2v) is 2.79. The first-order chi connectivity index (χ1) is 5.79. The molecule has 1 fully saturated rings. The van der Waals surface area contributed by atoms with Crippen molar-refractivity contribution in [1.82, 2.24) is 0 Å². The van der Waals surface area contributed by atoms with E-state index in [9.17, 15) is 4.79 Å². The Bertz CT molecular complexity index is 297. The molecule has 2 unspecified atom stereocenters. The number of benzene rings is 1. The predicted octanol–water partition coefficient (Wildman–Crippen LogP) is 0.612. The summed E-state index contributed by atoms with van der Waals surface area (Å²) >= 11 is 0. The molecule has 1 heterocycles. The Morgan fingerprint density at radius 1 is 1.33 bits per heavy atom. The highest BCUT2D eigenvalue weighted by molar-refractivity contribution is 5.82. The highest BCUT2D eigenvalue weighted by Gasteiger charge is 2.44. The van der Waals surface area contributed by atoms with E-state index >= 15 is 0 Å². The molecular formula is C9H9NO2. The van der Waals surface area contributed by atoms with Crippen LogP contribution in [-0.4, -0.2) is 12.0 Å². The minimum Gasteiger partial charge on any atom is -0.367 e. The average Bonchev–Trinajstić information content (AvgIpc) is 2.84. The van der Waals surface area contributed by atoms with E-state index in [0.29, 0.717) is 0 Å². The summed E-state index contributed by atoms with van der Waals surface area (Å²) in [5.41, 5.74) is 6.08. The second-order valence-electron chi connectivity index (χ2n) is 2.79. The lowest BCUT2D eigenvalue weighted by Gasteiger charge is -1.91. The molecule has 62 valence electrons. The Labute approximate surface area is 70.1 Å². The smallest absolute Gasteiger partial charge is 0.249 e. The molecule has 1 aliphatic rings. The summed E-state index contributed by atoms with van der Waals surface area (Å²) in [6, 6.07) is 9.59. The molecule has 1 amide bonds. The van der Waals surface area contributed by atoms with Gasteiger partial charge in [0.2, 0.25) is 5.91 Å². The van der Waals surface area contributed by atoms with Gasteiger partial charge in [0.1, 0.15) is 6.10 Å². The first kappa shape index (κ1) is 7.31.